The van der Waals surface area contributed by atoms with Gasteiger partial charge in [-0.1, -0.05) is 53.6 Å². The summed E-state index contributed by atoms with van der Waals surface area (Å²) in [4.78, 5) is 15.4. The molecule has 2 aromatic rings. The fourth-order valence-corrected chi connectivity index (χ4v) is 5.79. The molecule has 1 fully saturated rings. The number of rotatable bonds is 2. The monoisotopic (exact) mass is 426 g/mol. The van der Waals surface area contributed by atoms with E-state index in [-0.39, 0.29) is 17.9 Å². The van der Waals surface area contributed by atoms with Crippen molar-refractivity contribution in [1.29, 1.82) is 0 Å². The summed E-state index contributed by atoms with van der Waals surface area (Å²) in [5, 5.41) is 5.04. The molecule has 3 aliphatic rings. The van der Waals surface area contributed by atoms with Crippen LogP contribution >= 0.6 is 23.2 Å². The van der Waals surface area contributed by atoms with Crippen molar-refractivity contribution in [3.8, 4) is 0 Å². The Morgan fingerprint density at radius 2 is 1.72 bits per heavy atom. The average molecular weight is 427 g/mol. The molecular formula is C24H24Cl2N2O. The number of piperidine rings is 1. The SMILES string of the molecule is O=C(c1cccc2c1NC(c1c(Cl)cccc1Cl)C1CC=CC21)N1CCCCC1. The highest BCUT2D eigenvalue weighted by Crippen LogP contribution is 2.52. The molecule has 0 bridgehead atoms. The number of nitrogens with one attached hydrogen (secondary N) is 1. The summed E-state index contributed by atoms with van der Waals surface area (Å²) in [6.07, 6.45) is 8.85. The molecule has 1 aliphatic carbocycles. The molecule has 2 heterocycles. The van der Waals surface area contributed by atoms with Crippen molar-refractivity contribution in [2.24, 2.45) is 5.92 Å². The number of hydrogen-bond acceptors (Lipinski definition) is 2. The lowest BCUT2D eigenvalue weighted by Crippen LogP contribution is -2.37. The zero-order chi connectivity index (χ0) is 20.0. The van der Waals surface area contributed by atoms with Gasteiger partial charge in [-0.3, -0.25) is 4.79 Å². The molecule has 0 radical (unpaired) electrons. The molecule has 0 saturated carbocycles. The van der Waals surface area contributed by atoms with Crippen molar-refractivity contribution in [1.82, 2.24) is 4.90 Å². The number of nitrogens with zero attached hydrogens (tertiary/aromatic N) is 1. The van der Waals surface area contributed by atoms with E-state index in [1.165, 1.54) is 12.0 Å². The van der Waals surface area contributed by atoms with E-state index in [0.29, 0.717) is 16.0 Å². The minimum absolute atomic E-state index is 0.0287. The topological polar surface area (TPSA) is 32.3 Å². The van der Waals surface area contributed by atoms with Crippen LogP contribution in [0.25, 0.3) is 0 Å². The van der Waals surface area contributed by atoms with Gasteiger partial charge in [0.15, 0.2) is 0 Å². The Kier molecular flexibility index (Phi) is 5.05. The Morgan fingerprint density at radius 1 is 1.00 bits per heavy atom. The van der Waals surface area contributed by atoms with Crippen molar-refractivity contribution in [3.05, 3.63) is 75.3 Å². The Morgan fingerprint density at radius 3 is 2.48 bits per heavy atom. The van der Waals surface area contributed by atoms with E-state index >= 15 is 0 Å². The summed E-state index contributed by atoms with van der Waals surface area (Å²) in [6, 6.07) is 11.7. The van der Waals surface area contributed by atoms with Crippen molar-refractivity contribution < 1.29 is 4.79 Å². The molecule has 150 valence electrons. The summed E-state index contributed by atoms with van der Waals surface area (Å²) >= 11 is 13.2. The van der Waals surface area contributed by atoms with Gasteiger partial charge in [0.2, 0.25) is 0 Å². The van der Waals surface area contributed by atoms with Crippen LogP contribution in [0.2, 0.25) is 10.0 Å². The van der Waals surface area contributed by atoms with Crippen LogP contribution in [0.4, 0.5) is 5.69 Å². The molecule has 2 aliphatic heterocycles. The minimum Gasteiger partial charge on any atom is -0.377 e. The second kappa shape index (κ2) is 7.70. The number of allylic oxidation sites excluding steroid dienone is 2. The number of halogens is 2. The lowest BCUT2D eigenvalue weighted by atomic mass is 9.76. The third kappa shape index (κ3) is 3.25. The maximum atomic E-state index is 13.4. The normalized spacial score (nSPS) is 25.3. The predicted molar refractivity (Wildman–Crippen MR) is 119 cm³/mol. The van der Waals surface area contributed by atoms with Crippen molar-refractivity contribution in [2.75, 3.05) is 18.4 Å². The highest BCUT2D eigenvalue weighted by atomic mass is 35.5. The first-order valence-corrected chi connectivity index (χ1v) is 11.2. The number of carbonyl (C=O) groups is 1. The Balaban J connectivity index is 1.59. The molecule has 1 saturated heterocycles. The largest absolute Gasteiger partial charge is 0.377 e. The van der Waals surface area contributed by atoms with Crippen molar-refractivity contribution >= 4 is 34.8 Å². The van der Waals surface area contributed by atoms with E-state index in [1.54, 1.807) is 0 Å². The van der Waals surface area contributed by atoms with E-state index in [9.17, 15) is 4.79 Å². The Hall–Kier alpha value is -1.97. The van der Waals surface area contributed by atoms with Crippen LogP contribution in [-0.2, 0) is 0 Å². The third-order valence-corrected chi connectivity index (χ3v) is 7.24. The summed E-state index contributed by atoms with van der Waals surface area (Å²) in [7, 11) is 0. The summed E-state index contributed by atoms with van der Waals surface area (Å²) in [5.74, 6) is 0.719. The van der Waals surface area contributed by atoms with Crippen LogP contribution in [0.15, 0.2) is 48.6 Å². The zero-order valence-corrected chi connectivity index (χ0v) is 17.7. The van der Waals surface area contributed by atoms with Crippen LogP contribution in [0.3, 0.4) is 0 Å². The number of fused-ring (bicyclic) bond motifs is 3. The molecule has 5 heteroatoms. The lowest BCUT2D eigenvalue weighted by molar-refractivity contribution is 0.0725. The van der Waals surface area contributed by atoms with Crippen molar-refractivity contribution in [2.45, 2.75) is 37.6 Å². The van der Waals surface area contributed by atoms with Crippen LogP contribution in [0, 0.1) is 5.92 Å². The van der Waals surface area contributed by atoms with Gasteiger partial charge in [0.1, 0.15) is 0 Å². The van der Waals surface area contributed by atoms with Crippen molar-refractivity contribution in [3.63, 3.8) is 0 Å². The molecule has 3 unspecified atom stereocenters. The molecule has 0 spiro atoms. The van der Waals surface area contributed by atoms with Gasteiger partial charge in [-0.05, 0) is 55.4 Å². The maximum Gasteiger partial charge on any atom is 0.255 e. The summed E-state index contributed by atoms with van der Waals surface area (Å²) in [5.41, 5.74) is 3.83. The first-order chi connectivity index (χ1) is 14.1. The number of likely N-dealkylation sites (tertiary alicyclic amines) is 1. The molecule has 3 atom stereocenters. The number of hydrogen-bond donors (Lipinski definition) is 1. The van der Waals surface area contributed by atoms with Gasteiger partial charge in [-0.25, -0.2) is 0 Å². The first-order valence-electron chi connectivity index (χ1n) is 10.4. The lowest BCUT2D eigenvalue weighted by Gasteiger charge is -2.39. The molecular weight excluding hydrogens is 403 g/mol. The number of para-hydroxylation sites is 1. The minimum atomic E-state index is -0.0287. The van der Waals surface area contributed by atoms with Gasteiger partial charge in [0, 0.05) is 34.6 Å². The van der Waals surface area contributed by atoms with E-state index in [1.807, 2.05) is 35.2 Å². The van der Waals surface area contributed by atoms with Crippen LogP contribution in [-0.4, -0.2) is 23.9 Å². The Bertz CT molecular complexity index is 961. The standard InChI is InChI=1S/C24H24Cl2N2O/c25-19-11-6-12-20(26)21(19)23-17-9-4-7-15(17)16-8-5-10-18(22(16)27-23)24(29)28-13-2-1-3-14-28/h4-8,10-12,15,17,23,27H,1-3,9,13-14H2. The molecule has 5 rings (SSSR count). The number of benzene rings is 2. The Labute approximate surface area is 181 Å². The van der Waals surface area contributed by atoms with Gasteiger partial charge in [-0.2, -0.15) is 0 Å². The van der Waals surface area contributed by atoms with E-state index in [2.05, 4.69) is 23.5 Å². The average Bonchev–Trinajstić information content (AvgIpc) is 3.24. The van der Waals surface area contributed by atoms with Gasteiger partial charge < -0.3 is 10.2 Å². The number of anilines is 1. The van der Waals surface area contributed by atoms with Gasteiger partial charge in [0.05, 0.1) is 17.3 Å². The van der Waals surface area contributed by atoms with Gasteiger partial charge in [-0.15, -0.1) is 0 Å². The zero-order valence-electron chi connectivity index (χ0n) is 16.2. The molecule has 1 N–H and O–H groups in total. The van der Waals surface area contributed by atoms with E-state index < -0.39 is 0 Å². The van der Waals surface area contributed by atoms with Crippen LogP contribution in [0.1, 0.15) is 59.1 Å². The van der Waals surface area contributed by atoms with Crippen LogP contribution in [0.5, 0.6) is 0 Å². The highest BCUT2D eigenvalue weighted by molar-refractivity contribution is 6.36. The second-order valence-corrected chi connectivity index (χ2v) is 9.05. The van der Waals surface area contributed by atoms with E-state index in [0.717, 1.165) is 49.2 Å². The molecule has 3 nitrogen and oxygen atoms in total. The summed E-state index contributed by atoms with van der Waals surface area (Å²) in [6.45, 7) is 1.68. The summed E-state index contributed by atoms with van der Waals surface area (Å²) < 4.78 is 0. The maximum absolute atomic E-state index is 13.4. The molecule has 0 aromatic heterocycles. The smallest absolute Gasteiger partial charge is 0.255 e. The van der Waals surface area contributed by atoms with E-state index in [4.69, 9.17) is 23.2 Å². The van der Waals surface area contributed by atoms with Crippen LogP contribution < -0.4 is 5.32 Å². The fourth-order valence-electron chi connectivity index (χ4n) is 5.16. The van der Waals surface area contributed by atoms with Gasteiger partial charge >= 0.3 is 0 Å². The third-order valence-electron chi connectivity index (χ3n) is 6.58. The highest BCUT2D eigenvalue weighted by Gasteiger charge is 2.41. The van der Waals surface area contributed by atoms with Gasteiger partial charge in [0.25, 0.3) is 5.91 Å². The molecule has 1 amide bonds. The predicted octanol–water partition coefficient (Wildman–Crippen LogP) is 6.45. The second-order valence-electron chi connectivity index (χ2n) is 8.23. The first kappa shape index (κ1) is 19.0. The number of amides is 1. The molecule has 2 aromatic carbocycles. The molecule has 29 heavy (non-hydrogen) atoms. The quantitative estimate of drug-likeness (QED) is 0.559. The number of carbonyl (C=O) groups excluding carboxylic acids is 1. The fraction of sp³-hybridized carbons (Fsp3) is 0.375.